The molecule has 1 aromatic carbocycles. The number of hydrogen-bond donors (Lipinski definition) is 1. The summed E-state index contributed by atoms with van der Waals surface area (Å²) in [7, 11) is 0. The van der Waals surface area contributed by atoms with Crippen molar-refractivity contribution in [1.82, 2.24) is 20.4 Å². The summed E-state index contributed by atoms with van der Waals surface area (Å²) in [6, 6.07) is 8.17. The first-order valence-corrected chi connectivity index (χ1v) is 7.58. The lowest BCUT2D eigenvalue weighted by Crippen LogP contribution is -2.42. The normalized spacial score (nSPS) is 16.4. The topological polar surface area (TPSA) is 54.2 Å². The maximum atomic E-state index is 5.33. The fourth-order valence-corrected chi connectivity index (χ4v) is 2.76. The minimum Gasteiger partial charge on any atom is -0.338 e. The molecule has 0 radical (unpaired) electrons. The molecule has 6 heteroatoms. The number of nitrogens with one attached hydrogen (secondary N) is 1. The zero-order valence-electron chi connectivity index (χ0n) is 11.2. The molecule has 2 heterocycles. The molecule has 0 unspecified atom stereocenters. The smallest absolute Gasteiger partial charge is 0.240 e. The van der Waals surface area contributed by atoms with E-state index >= 15 is 0 Å². The Kier molecular flexibility index (Phi) is 4.44. The van der Waals surface area contributed by atoms with Gasteiger partial charge in [-0.05, 0) is 17.7 Å². The first kappa shape index (κ1) is 13.7. The van der Waals surface area contributed by atoms with Crippen molar-refractivity contribution >= 4 is 15.9 Å². The molecule has 0 atom stereocenters. The van der Waals surface area contributed by atoms with E-state index in [-0.39, 0.29) is 0 Å². The van der Waals surface area contributed by atoms with Gasteiger partial charge in [0.1, 0.15) is 0 Å². The van der Waals surface area contributed by atoms with Crippen LogP contribution >= 0.6 is 15.9 Å². The van der Waals surface area contributed by atoms with E-state index < -0.39 is 0 Å². The zero-order chi connectivity index (χ0) is 13.8. The predicted octanol–water partition coefficient (Wildman–Crippen LogP) is 1.83. The molecule has 1 aromatic heterocycles. The molecule has 5 nitrogen and oxygen atoms in total. The van der Waals surface area contributed by atoms with Crippen LogP contribution in [0.5, 0.6) is 0 Å². The van der Waals surface area contributed by atoms with Gasteiger partial charge in [0.2, 0.25) is 5.89 Å². The minimum absolute atomic E-state index is 0.699. The first-order chi connectivity index (χ1) is 9.79. The van der Waals surface area contributed by atoms with Crippen molar-refractivity contribution in [2.75, 3.05) is 26.2 Å². The third-order valence-corrected chi connectivity index (χ3v) is 3.82. The molecule has 0 amide bonds. The fraction of sp³-hybridized carbons (Fsp3) is 0.429. The van der Waals surface area contributed by atoms with Gasteiger partial charge in [-0.25, -0.2) is 0 Å². The van der Waals surface area contributed by atoms with Gasteiger partial charge in [-0.3, -0.25) is 4.90 Å². The standard InChI is InChI=1S/C14H17BrN4O/c15-12-3-1-2-11(8-12)9-13-17-14(20-18-13)10-19-6-4-16-5-7-19/h1-3,8,16H,4-7,9-10H2. The highest BCUT2D eigenvalue weighted by molar-refractivity contribution is 9.10. The maximum Gasteiger partial charge on any atom is 0.240 e. The van der Waals surface area contributed by atoms with E-state index in [2.05, 4.69) is 48.4 Å². The molecule has 1 fully saturated rings. The number of nitrogens with zero attached hydrogens (tertiary/aromatic N) is 3. The van der Waals surface area contributed by atoms with Gasteiger partial charge in [0.15, 0.2) is 5.82 Å². The highest BCUT2D eigenvalue weighted by Crippen LogP contribution is 2.14. The quantitative estimate of drug-likeness (QED) is 0.923. The number of hydrogen-bond acceptors (Lipinski definition) is 5. The van der Waals surface area contributed by atoms with E-state index in [1.165, 1.54) is 5.56 Å². The Morgan fingerprint density at radius 3 is 2.95 bits per heavy atom. The average Bonchev–Trinajstić information content (AvgIpc) is 2.87. The molecule has 0 aliphatic carbocycles. The van der Waals surface area contributed by atoms with Crippen molar-refractivity contribution < 1.29 is 4.52 Å². The second-order valence-corrected chi connectivity index (χ2v) is 5.85. The van der Waals surface area contributed by atoms with Gasteiger partial charge in [0, 0.05) is 37.1 Å². The van der Waals surface area contributed by atoms with Gasteiger partial charge in [0.25, 0.3) is 0 Å². The van der Waals surface area contributed by atoms with Gasteiger partial charge < -0.3 is 9.84 Å². The van der Waals surface area contributed by atoms with Crippen molar-refractivity contribution in [3.8, 4) is 0 Å². The van der Waals surface area contributed by atoms with E-state index in [1.54, 1.807) is 0 Å². The maximum absolute atomic E-state index is 5.33. The summed E-state index contributed by atoms with van der Waals surface area (Å²) in [5.41, 5.74) is 1.17. The molecule has 106 valence electrons. The van der Waals surface area contributed by atoms with Crippen LogP contribution in [0.15, 0.2) is 33.3 Å². The predicted molar refractivity (Wildman–Crippen MR) is 79.4 cm³/mol. The highest BCUT2D eigenvalue weighted by Gasteiger charge is 2.14. The first-order valence-electron chi connectivity index (χ1n) is 6.78. The SMILES string of the molecule is Brc1cccc(Cc2noc(CN3CCNCC3)n2)c1. The number of halogens is 1. The Hall–Kier alpha value is -1.24. The van der Waals surface area contributed by atoms with Crippen LogP contribution in [0.2, 0.25) is 0 Å². The Bertz CT molecular complexity index is 566. The summed E-state index contributed by atoms with van der Waals surface area (Å²) in [6.07, 6.45) is 0.699. The van der Waals surface area contributed by atoms with Gasteiger partial charge >= 0.3 is 0 Å². The third kappa shape index (κ3) is 3.65. The molecule has 1 aliphatic rings. The number of rotatable bonds is 4. The lowest BCUT2D eigenvalue weighted by molar-refractivity contribution is 0.203. The fourth-order valence-electron chi connectivity index (χ4n) is 2.32. The number of benzene rings is 1. The van der Waals surface area contributed by atoms with Gasteiger partial charge in [-0.1, -0.05) is 33.2 Å². The van der Waals surface area contributed by atoms with E-state index in [9.17, 15) is 0 Å². The molecular formula is C14H17BrN4O. The Morgan fingerprint density at radius 2 is 2.15 bits per heavy atom. The second kappa shape index (κ2) is 6.47. The van der Waals surface area contributed by atoms with E-state index in [4.69, 9.17) is 4.52 Å². The Balaban J connectivity index is 1.61. The van der Waals surface area contributed by atoms with Crippen molar-refractivity contribution in [3.63, 3.8) is 0 Å². The summed E-state index contributed by atoms with van der Waals surface area (Å²) in [5.74, 6) is 1.45. The lowest BCUT2D eigenvalue weighted by Gasteiger charge is -2.25. The van der Waals surface area contributed by atoms with Crippen molar-refractivity contribution in [2.45, 2.75) is 13.0 Å². The van der Waals surface area contributed by atoms with Crippen LogP contribution in [-0.2, 0) is 13.0 Å². The van der Waals surface area contributed by atoms with Crippen LogP contribution in [0.1, 0.15) is 17.3 Å². The van der Waals surface area contributed by atoms with Crippen LogP contribution in [0.3, 0.4) is 0 Å². The molecule has 3 rings (SSSR count). The molecule has 0 bridgehead atoms. The monoisotopic (exact) mass is 336 g/mol. The summed E-state index contributed by atoms with van der Waals surface area (Å²) >= 11 is 3.47. The zero-order valence-corrected chi connectivity index (χ0v) is 12.8. The van der Waals surface area contributed by atoms with Gasteiger partial charge in [-0.2, -0.15) is 4.98 Å². The summed E-state index contributed by atoms with van der Waals surface area (Å²) in [4.78, 5) is 6.80. The van der Waals surface area contributed by atoms with Crippen LogP contribution in [0.25, 0.3) is 0 Å². The van der Waals surface area contributed by atoms with Crippen molar-refractivity contribution in [3.05, 3.63) is 46.0 Å². The summed E-state index contributed by atoms with van der Waals surface area (Å²) < 4.78 is 6.40. The molecule has 20 heavy (non-hydrogen) atoms. The number of piperazine rings is 1. The molecule has 2 aromatic rings. The highest BCUT2D eigenvalue weighted by atomic mass is 79.9. The lowest BCUT2D eigenvalue weighted by atomic mass is 10.1. The minimum atomic E-state index is 0.699. The molecule has 1 saturated heterocycles. The van der Waals surface area contributed by atoms with Crippen molar-refractivity contribution in [2.24, 2.45) is 0 Å². The third-order valence-electron chi connectivity index (χ3n) is 3.33. The largest absolute Gasteiger partial charge is 0.338 e. The average molecular weight is 337 g/mol. The Morgan fingerprint density at radius 1 is 1.30 bits per heavy atom. The van der Waals surface area contributed by atoms with Crippen LogP contribution in [0.4, 0.5) is 0 Å². The van der Waals surface area contributed by atoms with Gasteiger partial charge in [0.05, 0.1) is 6.54 Å². The Labute approximate surface area is 126 Å². The van der Waals surface area contributed by atoms with E-state index in [0.717, 1.165) is 43.0 Å². The molecule has 1 aliphatic heterocycles. The van der Waals surface area contributed by atoms with Crippen molar-refractivity contribution in [1.29, 1.82) is 0 Å². The van der Waals surface area contributed by atoms with Crippen LogP contribution < -0.4 is 5.32 Å². The molecule has 1 N–H and O–H groups in total. The summed E-state index contributed by atoms with van der Waals surface area (Å²) in [5, 5.41) is 7.39. The number of aromatic nitrogens is 2. The molecular weight excluding hydrogens is 320 g/mol. The van der Waals surface area contributed by atoms with Crippen LogP contribution in [0, 0.1) is 0 Å². The molecule has 0 saturated carbocycles. The van der Waals surface area contributed by atoms with Crippen LogP contribution in [-0.4, -0.2) is 41.2 Å². The van der Waals surface area contributed by atoms with Gasteiger partial charge in [-0.15, -0.1) is 0 Å². The second-order valence-electron chi connectivity index (χ2n) is 4.94. The summed E-state index contributed by atoms with van der Waals surface area (Å²) in [6.45, 7) is 4.86. The van der Waals surface area contributed by atoms with E-state index in [0.29, 0.717) is 12.3 Å². The van der Waals surface area contributed by atoms with E-state index in [1.807, 2.05) is 12.1 Å². The molecule has 0 spiro atoms.